The van der Waals surface area contributed by atoms with Gasteiger partial charge in [-0.25, -0.2) is 4.98 Å². The number of carbonyl (C=O) groups excluding carboxylic acids is 1. The number of hydrogen-bond acceptors (Lipinski definition) is 6. The Hall–Kier alpha value is -2.64. The molecule has 27 heavy (non-hydrogen) atoms. The molecule has 1 aliphatic rings. The molecule has 0 unspecified atom stereocenters. The van der Waals surface area contributed by atoms with E-state index in [9.17, 15) is 4.79 Å². The molecule has 3 rings (SSSR count). The van der Waals surface area contributed by atoms with E-state index in [1.54, 1.807) is 6.92 Å². The van der Waals surface area contributed by atoms with Crippen LogP contribution in [0.5, 0.6) is 0 Å². The minimum absolute atomic E-state index is 0.0815. The lowest BCUT2D eigenvalue weighted by Gasteiger charge is -2.30. The first-order valence-corrected chi connectivity index (χ1v) is 9.34. The van der Waals surface area contributed by atoms with Gasteiger partial charge in [0.25, 0.3) is 0 Å². The Labute approximate surface area is 160 Å². The van der Waals surface area contributed by atoms with Gasteiger partial charge in [0.2, 0.25) is 11.9 Å². The smallest absolute Gasteiger partial charge is 0.227 e. The zero-order valence-corrected chi connectivity index (χ0v) is 17.1. The van der Waals surface area contributed by atoms with E-state index >= 15 is 0 Å². The summed E-state index contributed by atoms with van der Waals surface area (Å²) < 4.78 is 2.02. The minimum atomic E-state index is 0.0815. The molecule has 0 spiro atoms. The molecule has 1 aliphatic heterocycles. The Balaban J connectivity index is 1.85. The molecule has 0 bridgehead atoms. The molecule has 0 saturated carbocycles. The summed E-state index contributed by atoms with van der Waals surface area (Å²) in [6, 6.07) is 2.24. The fourth-order valence-electron chi connectivity index (χ4n) is 3.40. The maximum atomic E-state index is 11.8. The van der Waals surface area contributed by atoms with Gasteiger partial charge in [-0.15, -0.1) is 0 Å². The van der Waals surface area contributed by atoms with Crippen LogP contribution < -0.4 is 10.2 Å². The summed E-state index contributed by atoms with van der Waals surface area (Å²) in [6.07, 6.45) is 0.761. The van der Waals surface area contributed by atoms with E-state index in [4.69, 9.17) is 4.98 Å². The first-order chi connectivity index (χ1) is 12.7. The van der Waals surface area contributed by atoms with E-state index in [2.05, 4.69) is 35.3 Å². The summed E-state index contributed by atoms with van der Waals surface area (Å²) in [6.45, 7) is 9.81. The van der Waals surface area contributed by atoms with E-state index in [1.807, 2.05) is 35.5 Å². The van der Waals surface area contributed by atoms with E-state index in [-0.39, 0.29) is 11.9 Å². The largest absolute Gasteiger partial charge is 0.365 e. The standard InChI is InChI=1S/C19H29N7O/c1-12-9-14(3)26(23-12)10-13(2)20-18-16-7-8-25(15(4)27)11-17(16)21-19(22-18)24(5)6/h9,13H,7-8,10-11H2,1-6H3,(H,20,21,22)/t13-/m1/s1. The first-order valence-electron chi connectivity index (χ1n) is 9.34. The third kappa shape index (κ3) is 4.20. The molecule has 1 atom stereocenters. The highest BCUT2D eigenvalue weighted by Gasteiger charge is 2.25. The zero-order valence-electron chi connectivity index (χ0n) is 17.1. The fraction of sp³-hybridized carbons (Fsp3) is 0.579. The molecule has 0 aliphatic carbocycles. The van der Waals surface area contributed by atoms with Crippen LogP contribution in [0.15, 0.2) is 6.07 Å². The number of nitrogens with zero attached hydrogens (tertiary/aromatic N) is 6. The fourth-order valence-corrected chi connectivity index (χ4v) is 3.40. The average Bonchev–Trinajstić information content (AvgIpc) is 2.91. The van der Waals surface area contributed by atoms with Crippen molar-refractivity contribution in [3.63, 3.8) is 0 Å². The number of fused-ring (bicyclic) bond motifs is 1. The third-order valence-electron chi connectivity index (χ3n) is 4.83. The maximum Gasteiger partial charge on any atom is 0.227 e. The molecule has 8 nitrogen and oxygen atoms in total. The van der Waals surface area contributed by atoms with Crippen molar-refractivity contribution in [3.05, 3.63) is 28.7 Å². The van der Waals surface area contributed by atoms with Gasteiger partial charge in [-0.3, -0.25) is 9.48 Å². The van der Waals surface area contributed by atoms with Gasteiger partial charge in [0.05, 0.1) is 24.5 Å². The summed E-state index contributed by atoms with van der Waals surface area (Å²) in [5.74, 6) is 1.60. The Kier molecular flexibility index (Phi) is 5.34. The Morgan fingerprint density at radius 1 is 1.33 bits per heavy atom. The second-order valence-electron chi connectivity index (χ2n) is 7.54. The van der Waals surface area contributed by atoms with Gasteiger partial charge in [-0.2, -0.15) is 10.1 Å². The number of amides is 1. The number of aromatic nitrogens is 4. The van der Waals surface area contributed by atoms with Gasteiger partial charge in [0, 0.05) is 44.9 Å². The highest BCUT2D eigenvalue weighted by molar-refractivity contribution is 5.73. The van der Waals surface area contributed by atoms with Crippen molar-refractivity contribution in [3.8, 4) is 0 Å². The number of hydrogen-bond donors (Lipinski definition) is 1. The van der Waals surface area contributed by atoms with Crippen LogP contribution in [0, 0.1) is 13.8 Å². The topological polar surface area (TPSA) is 79.2 Å². The minimum Gasteiger partial charge on any atom is -0.365 e. The molecular weight excluding hydrogens is 342 g/mol. The van der Waals surface area contributed by atoms with Gasteiger partial charge in [0.1, 0.15) is 5.82 Å². The van der Waals surface area contributed by atoms with Crippen molar-refractivity contribution >= 4 is 17.7 Å². The lowest BCUT2D eigenvalue weighted by atomic mass is 10.0. The second-order valence-corrected chi connectivity index (χ2v) is 7.54. The van der Waals surface area contributed by atoms with Crippen LogP contribution in [0.1, 0.15) is 36.5 Å². The predicted molar refractivity (Wildman–Crippen MR) is 106 cm³/mol. The maximum absolute atomic E-state index is 11.8. The molecule has 1 N–H and O–H groups in total. The molecule has 146 valence electrons. The van der Waals surface area contributed by atoms with Crippen molar-refractivity contribution in [2.45, 2.75) is 53.2 Å². The van der Waals surface area contributed by atoms with Crippen LogP contribution >= 0.6 is 0 Å². The second kappa shape index (κ2) is 7.54. The quantitative estimate of drug-likeness (QED) is 0.863. The summed E-state index contributed by atoms with van der Waals surface area (Å²) in [7, 11) is 3.85. The van der Waals surface area contributed by atoms with Gasteiger partial charge in [-0.1, -0.05) is 0 Å². The lowest BCUT2D eigenvalue weighted by molar-refractivity contribution is -0.129. The van der Waals surface area contributed by atoms with Gasteiger partial charge in [0.15, 0.2) is 0 Å². The molecule has 0 aromatic carbocycles. The molecule has 8 heteroatoms. The molecule has 0 saturated heterocycles. The first kappa shape index (κ1) is 19.1. The van der Waals surface area contributed by atoms with E-state index in [0.29, 0.717) is 19.0 Å². The highest BCUT2D eigenvalue weighted by Crippen LogP contribution is 2.26. The third-order valence-corrected chi connectivity index (χ3v) is 4.83. The Morgan fingerprint density at radius 3 is 2.67 bits per heavy atom. The SMILES string of the molecule is CC(=O)N1CCc2c(nc(N(C)C)nc2N[C@H](C)Cn2nc(C)cc2C)C1. The summed E-state index contributed by atoms with van der Waals surface area (Å²) in [5.41, 5.74) is 4.21. The summed E-state index contributed by atoms with van der Waals surface area (Å²) in [4.78, 5) is 24.9. The monoisotopic (exact) mass is 371 g/mol. The van der Waals surface area contributed by atoms with Crippen LogP contribution in [-0.2, 0) is 24.3 Å². The molecule has 0 radical (unpaired) electrons. The van der Waals surface area contributed by atoms with E-state index in [1.165, 1.54) is 0 Å². The number of rotatable bonds is 5. The van der Waals surface area contributed by atoms with Crippen molar-refractivity contribution < 1.29 is 4.79 Å². The number of carbonyl (C=O) groups is 1. The van der Waals surface area contributed by atoms with Crippen LogP contribution in [-0.4, -0.2) is 57.2 Å². The molecule has 0 fully saturated rings. The Morgan fingerprint density at radius 2 is 2.07 bits per heavy atom. The van der Waals surface area contributed by atoms with Gasteiger partial charge >= 0.3 is 0 Å². The van der Waals surface area contributed by atoms with Crippen molar-refractivity contribution in [2.24, 2.45) is 0 Å². The van der Waals surface area contributed by atoms with E-state index < -0.39 is 0 Å². The number of aryl methyl sites for hydroxylation is 2. The van der Waals surface area contributed by atoms with Crippen LogP contribution in [0.2, 0.25) is 0 Å². The zero-order chi connectivity index (χ0) is 19.7. The highest BCUT2D eigenvalue weighted by atomic mass is 16.2. The lowest BCUT2D eigenvalue weighted by Crippen LogP contribution is -2.36. The Bertz CT molecular complexity index is 843. The predicted octanol–water partition coefficient (Wildman–Crippen LogP) is 1.76. The van der Waals surface area contributed by atoms with Crippen molar-refractivity contribution in [1.82, 2.24) is 24.6 Å². The molecule has 3 heterocycles. The van der Waals surface area contributed by atoms with Crippen molar-refractivity contribution in [2.75, 3.05) is 30.9 Å². The molecule has 1 amide bonds. The number of nitrogens with one attached hydrogen (secondary N) is 1. The van der Waals surface area contributed by atoms with Gasteiger partial charge in [-0.05, 0) is 33.3 Å². The number of anilines is 2. The van der Waals surface area contributed by atoms with Crippen LogP contribution in [0.4, 0.5) is 11.8 Å². The van der Waals surface area contributed by atoms with Gasteiger partial charge < -0.3 is 15.1 Å². The van der Waals surface area contributed by atoms with Crippen LogP contribution in [0.3, 0.4) is 0 Å². The summed E-state index contributed by atoms with van der Waals surface area (Å²) in [5, 5.41) is 8.10. The normalized spacial score (nSPS) is 14.7. The van der Waals surface area contributed by atoms with Crippen molar-refractivity contribution in [1.29, 1.82) is 0 Å². The average molecular weight is 371 g/mol. The van der Waals surface area contributed by atoms with E-state index in [0.717, 1.165) is 41.4 Å². The molecule has 2 aromatic rings. The van der Waals surface area contributed by atoms with Crippen LogP contribution in [0.25, 0.3) is 0 Å². The molecule has 2 aromatic heterocycles. The molecular formula is C19H29N7O. The summed E-state index contributed by atoms with van der Waals surface area (Å²) >= 11 is 0.